The maximum atomic E-state index is 14.8. The lowest BCUT2D eigenvalue weighted by molar-refractivity contribution is 0.288. The molecule has 0 atom stereocenters. The van der Waals surface area contributed by atoms with E-state index in [-0.39, 0.29) is 5.75 Å². The Morgan fingerprint density at radius 1 is 0.725 bits per heavy atom. The van der Waals surface area contributed by atoms with Crippen LogP contribution >= 0.6 is 0 Å². The summed E-state index contributed by atoms with van der Waals surface area (Å²) in [5.74, 6) is 1.51. The number of benzene rings is 2. The Labute approximate surface area is 242 Å². The lowest BCUT2D eigenvalue weighted by atomic mass is 9.77. The summed E-state index contributed by atoms with van der Waals surface area (Å²) in [5, 5.41) is 0. The normalized spacial score (nSPS) is 23.5. The van der Waals surface area contributed by atoms with Gasteiger partial charge in [0.1, 0.15) is 0 Å². The van der Waals surface area contributed by atoms with Crippen LogP contribution in [-0.2, 0) is 0 Å². The van der Waals surface area contributed by atoms with E-state index in [0.717, 1.165) is 30.6 Å². The fourth-order valence-corrected chi connectivity index (χ4v) is 6.88. The van der Waals surface area contributed by atoms with Crippen molar-refractivity contribution >= 4 is 0 Å². The lowest BCUT2D eigenvalue weighted by Crippen LogP contribution is -2.13. The third-order valence-corrected chi connectivity index (χ3v) is 9.60. The molecule has 40 heavy (non-hydrogen) atoms. The highest BCUT2D eigenvalue weighted by Gasteiger charge is 2.23. The second kappa shape index (κ2) is 16.3. The largest absolute Gasteiger partial charge is 0.490 e. The molecule has 0 spiro atoms. The van der Waals surface area contributed by atoms with Gasteiger partial charge in [-0.25, -0.2) is 4.39 Å². The van der Waals surface area contributed by atoms with Gasteiger partial charge in [-0.3, -0.25) is 0 Å². The van der Waals surface area contributed by atoms with Gasteiger partial charge in [-0.2, -0.15) is 4.39 Å². The van der Waals surface area contributed by atoms with E-state index < -0.39 is 11.6 Å². The summed E-state index contributed by atoms with van der Waals surface area (Å²) in [4.78, 5) is 0. The first kappa shape index (κ1) is 30.8. The second-order valence-electron chi connectivity index (χ2n) is 12.6. The Morgan fingerprint density at radius 2 is 1.40 bits per heavy atom. The Balaban J connectivity index is 1.18. The van der Waals surface area contributed by atoms with E-state index in [1.807, 2.05) is 19.1 Å². The van der Waals surface area contributed by atoms with Crippen molar-refractivity contribution in [1.82, 2.24) is 0 Å². The zero-order chi connectivity index (χ0) is 28.2. The number of halogens is 2. The molecule has 0 saturated heterocycles. The Morgan fingerprint density at radius 3 is 2.10 bits per heavy atom. The van der Waals surface area contributed by atoms with Gasteiger partial charge < -0.3 is 4.74 Å². The minimum Gasteiger partial charge on any atom is -0.490 e. The minimum atomic E-state index is -0.893. The molecule has 2 aromatic rings. The van der Waals surface area contributed by atoms with Crippen molar-refractivity contribution in [2.45, 2.75) is 122 Å². The summed E-state index contributed by atoms with van der Waals surface area (Å²) in [6.07, 6.45) is 25.7. The first-order valence-corrected chi connectivity index (χ1v) is 16.5. The number of hydrogen-bond donors (Lipinski definition) is 0. The molecule has 4 rings (SSSR count). The highest BCUT2D eigenvalue weighted by molar-refractivity contribution is 5.65. The minimum absolute atomic E-state index is 0.00105. The van der Waals surface area contributed by atoms with Crippen LogP contribution in [0.2, 0.25) is 0 Å². The van der Waals surface area contributed by atoms with Crippen molar-refractivity contribution in [1.29, 1.82) is 0 Å². The van der Waals surface area contributed by atoms with Crippen LogP contribution in [0.1, 0.15) is 128 Å². The van der Waals surface area contributed by atoms with E-state index in [1.165, 1.54) is 95.5 Å². The van der Waals surface area contributed by atoms with Gasteiger partial charge in [-0.15, -0.1) is 0 Å². The van der Waals surface area contributed by atoms with E-state index in [9.17, 15) is 8.78 Å². The highest BCUT2D eigenvalue weighted by Crippen LogP contribution is 2.39. The topological polar surface area (TPSA) is 9.23 Å². The van der Waals surface area contributed by atoms with Crippen molar-refractivity contribution in [3.8, 4) is 16.9 Å². The van der Waals surface area contributed by atoms with Gasteiger partial charge >= 0.3 is 0 Å². The molecular formula is C37H52F2O. The molecule has 2 saturated carbocycles. The molecule has 0 amide bonds. The molecule has 2 fully saturated rings. The monoisotopic (exact) mass is 550 g/mol. The number of unbranched alkanes of at least 4 members (excludes halogenated alkanes) is 3. The molecule has 2 aliphatic carbocycles. The van der Waals surface area contributed by atoms with E-state index >= 15 is 0 Å². The Bertz CT molecular complexity index is 1030. The molecule has 0 aliphatic heterocycles. The molecule has 0 unspecified atom stereocenters. The Kier molecular flexibility index (Phi) is 12.6. The fraction of sp³-hybridized carbons (Fsp3) is 0.622. The smallest absolute Gasteiger partial charge is 0.201 e. The quantitative estimate of drug-likeness (QED) is 0.168. The average molecular weight is 551 g/mol. The number of hydrogen-bond acceptors (Lipinski definition) is 1. The first-order chi connectivity index (χ1) is 19.6. The maximum absolute atomic E-state index is 14.8. The lowest BCUT2D eigenvalue weighted by Gasteiger charge is -2.29. The van der Waals surface area contributed by atoms with Crippen LogP contribution in [0.4, 0.5) is 8.78 Å². The molecule has 1 nitrogen and oxygen atoms in total. The third kappa shape index (κ3) is 8.92. The fourth-order valence-electron chi connectivity index (χ4n) is 6.88. The first-order valence-electron chi connectivity index (χ1n) is 16.5. The van der Waals surface area contributed by atoms with Gasteiger partial charge in [0.05, 0.1) is 6.61 Å². The van der Waals surface area contributed by atoms with Gasteiger partial charge in [0.15, 0.2) is 11.6 Å². The molecule has 2 aliphatic rings. The summed E-state index contributed by atoms with van der Waals surface area (Å²) in [5.41, 5.74) is 2.34. The van der Waals surface area contributed by atoms with Crippen molar-refractivity contribution in [2.24, 2.45) is 17.8 Å². The van der Waals surface area contributed by atoms with Crippen molar-refractivity contribution < 1.29 is 13.5 Å². The van der Waals surface area contributed by atoms with Gasteiger partial charge in [0.2, 0.25) is 5.82 Å². The van der Waals surface area contributed by atoms with Crippen LogP contribution in [0.3, 0.4) is 0 Å². The third-order valence-electron chi connectivity index (χ3n) is 9.60. The zero-order valence-corrected chi connectivity index (χ0v) is 25.1. The van der Waals surface area contributed by atoms with E-state index in [4.69, 9.17) is 4.74 Å². The number of rotatable bonds is 14. The van der Waals surface area contributed by atoms with E-state index in [0.29, 0.717) is 23.7 Å². The van der Waals surface area contributed by atoms with Gasteiger partial charge in [-0.05, 0) is 118 Å². The standard InChI is InChI=1S/C37H52F2O/c1-3-5-7-10-28-13-15-29(16-14-28)11-8-9-12-30-17-19-31(20-18-30)32-21-23-33(24-22-32)34-25-26-35(37(39)36(34)38)40-27-6-4-2/h8,11,21-26,28-31H,3-7,9-10,12-20,27H2,1-2H3/b11-8+. The van der Waals surface area contributed by atoms with Crippen molar-refractivity contribution in [2.75, 3.05) is 6.61 Å². The van der Waals surface area contributed by atoms with Crippen molar-refractivity contribution in [3.05, 3.63) is 65.7 Å². The molecule has 0 radical (unpaired) electrons. The predicted octanol–water partition coefficient (Wildman–Crippen LogP) is 11.8. The van der Waals surface area contributed by atoms with Gasteiger partial charge in [0, 0.05) is 5.56 Å². The summed E-state index contributed by atoms with van der Waals surface area (Å²) >= 11 is 0. The highest BCUT2D eigenvalue weighted by atomic mass is 19.2. The number of allylic oxidation sites excluding steroid dienone is 2. The SMILES string of the molecule is CCCCCC1CCC(/C=C/CCC2CCC(c3ccc(-c4ccc(OCCCC)c(F)c4F)cc3)CC2)CC1. The van der Waals surface area contributed by atoms with E-state index in [1.54, 1.807) is 12.1 Å². The summed E-state index contributed by atoms with van der Waals surface area (Å²) < 4.78 is 34.8. The molecule has 2 aromatic carbocycles. The zero-order valence-electron chi connectivity index (χ0n) is 25.1. The van der Waals surface area contributed by atoms with Crippen LogP contribution < -0.4 is 4.74 Å². The summed E-state index contributed by atoms with van der Waals surface area (Å²) in [6, 6.07) is 11.3. The molecule has 0 aromatic heterocycles. The average Bonchev–Trinajstić information content (AvgIpc) is 2.99. The molecule has 3 heteroatoms. The van der Waals surface area contributed by atoms with Crippen LogP contribution in [0.25, 0.3) is 11.1 Å². The van der Waals surface area contributed by atoms with Crippen LogP contribution in [0, 0.1) is 29.4 Å². The van der Waals surface area contributed by atoms with Crippen LogP contribution in [-0.4, -0.2) is 6.61 Å². The molecular weight excluding hydrogens is 498 g/mol. The van der Waals surface area contributed by atoms with Crippen LogP contribution in [0.5, 0.6) is 5.75 Å². The van der Waals surface area contributed by atoms with Gasteiger partial charge in [-0.1, -0.05) is 82.4 Å². The summed E-state index contributed by atoms with van der Waals surface area (Å²) in [7, 11) is 0. The summed E-state index contributed by atoms with van der Waals surface area (Å²) in [6.45, 7) is 4.74. The van der Waals surface area contributed by atoms with Gasteiger partial charge in [0.25, 0.3) is 0 Å². The number of ether oxygens (including phenoxy) is 1. The molecule has 0 heterocycles. The molecule has 220 valence electrons. The van der Waals surface area contributed by atoms with E-state index in [2.05, 4.69) is 31.2 Å². The predicted molar refractivity (Wildman–Crippen MR) is 165 cm³/mol. The van der Waals surface area contributed by atoms with Crippen LogP contribution in [0.15, 0.2) is 48.6 Å². The van der Waals surface area contributed by atoms with Crippen molar-refractivity contribution in [3.63, 3.8) is 0 Å². The molecule has 0 N–H and O–H groups in total. The Hall–Kier alpha value is -2.16. The molecule has 0 bridgehead atoms. The second-order valence-corrected chi connectivity index (χ2v) is 12.6. The maximum Gasteiger partial charge on any atom is 0.201 e.